The first-order valence-electron chi connectivity index (χ1n) is 6.59. The molecule has 0 spiro atoms. The van der Waals surface area contributed by atoms with Gasteiger partial charge in [-0.1, -0.05) is 6.07 Å². The van der Waals surface area contributed by atoms with Gasteiger partial charge in [0.1, 0.15) is 0 Å². The minimum atomic E-state index is -4.46. The van der Waals surface area contributed by atoms with Gasteiger partial charge in [0.15, 0.2) is 0 Å². The Morgan fingerprint density at radius 1 is 1.26 bits per heavy atom. The highest BCUT2D eigenvalue weighted by Crippen LogP contribution is 2.30. The Balaban J connectivity index is 1.94. The number of carbonyl (C=O) groups excluding carboxylic acids is 1. The molecule has 0 aliphatic rings. The quantitative estimate of drug-likeness (QED) is 0.905. The van der Waals surface area contributed by atoms with E-state index in [2.05, 4.69) is 15.6 Å². The number of nitrogens with zero attached hydrogens (tertiary/aromatic N) is 1. The molecule has 2 aromatic rings. The lowest BCUT2D eigenvalue weighted by Crippen LogP contribution is -2.28. The third-order valence-electron chi connectivity index (χ3n) is 2.91. The lowest BCUT2D eigenvalue weighted by atomic mass is 10.2. The van der Waals surface area contributed by atoms with Gasteiger partial charge in [-0.2, -0.15) is 13.2 Å². The van der Waals surface area contributed by atoms with Crippen LogP contribution in [-0.4, -0.2) is 18.1 Å². The van der Waals surface area contributed by atoms with Crippen molar-refractivity contribution in [2.45, 2.75) is 12.7 Å². The summed E-state index contributed by atoms with van der Waals surface area (Å²) in [6, 6.07) is 7.13. The van der Waals surface area contributed by atoms with Crippen LogP contribution >= 0.6 is 0 Å². The Morgan fingerprint density at radius 3 is 2.74 bits per heavy atom. The fourth-order valence-electron chi connectivity index (χ4n) is 1.80. The van der Waals surface area contributed by atoms with E-state index in [1.807, 2.05) is 0 Å². The molecule has 0 bridgehead atoms. The monoisotopic (exact) mass is 325 g/mol. The van der Waals surface area contributed by atoms with Crippen LogP contribution in [0, 0.1) is 0 Å². The molecule has 1 aromatic carbocycles. The number of ether oxygens (including phenoxy) is 1. The number of anilines is 1. The Labute approximate surface area is 130 Å². The number of methoxy groups -OCH3 is 1. The number of alkyl halides is 3. The van der Waals surface area contributed by atoms with Crippen LogP contribution in [0.3, 0.4) is 0 Å². The molecule has 2 rings (SSSR count). The molecule has 0 fully saturated rings. The molecule has 0 radical (unpaired) electrons. The second-order valence-corrected chi connectivity index (χ2v) is 4.59. The van der Waals surface area contributed by atoms with Gasteiger partial charge in [0.05, 0.1) is 12.7 Å². The maximum absolute atomic E-state index is 12.6. The number of halogens is 3. The van der Waals surface area contributed by atoms with E-state index >= 15 is 0 Å². The largest absolute Gasteiger partial charge is 0.481 e. The van der Waals surface area contributed by atoms with E-state index in [1.165, 1.54) is 25.4 Å². The van der Waals surface area contributed by atoms with E-state index in [1.54, 1.807) is 12.1 Å². The molecule has 1 aromatic heterocycles. The fraction of sp³-hybridized carbons (Fsp3) is 0.200. The van der Waals surface area contributed by atoms with Crippen LogP contribution in [0.25, 0.3) is 0 Å². The van der Waals surface area contributed by atoms with Crippen LogP contribution < -0.4 is 15.4 Å². The molecule has 2 N–H and O–H groups in total. The van der Waals surface area contributed by atoms with Gasteiger partial charge >= 0.3 is 12.2 Å². The summed E-state index contributed by atoms with van der Waals surface area (Å²) in [5, 5.41) is 4.90. The van der Waals surface area contributed by atoms with Crippen molar-refractivity contribution < 1.29 is 22.7 Å². The van der Waals surface area contributed by atoms with Gasteiger partial charge < -0.3 is 15.4 Å². The number of pyridine rings is 1. The van der Waals surface area contributed by atoms with Crippen molar-refractivity contribution in [3.05, 3.63) is 53.7 Å². The van der Waals surface area contributed by atoms with Gasteiger partial charge in [0.2, 0.25) is 5.88 Å². The summed E-state index contributed by atoms with van der Waals surface area (Å²) in [6.07, 6.45) is -2.93. The first kappa shape index (κ1) is 16.6. The molecule has 0 saturated heterocycles. The highest BCUT2D eigenvalue weighted by Gasteiger charge is 2.30. The van der Waals surface area contributed by atoms with Crippen LogP contribution in [0.2, 0.25) is 0 Å². The predicted molar refractivity (Wildman–Crippen MR) is 78.1 cm³/mol. The molecule has 0 atom stereocenters. The van der Waals surface area contributed by atoms with Crippen LogP contribution in [0.15, 0.2) is 42.6 Å². The Hall–Kier alpha value is -2.77. The zero-order valence-corrected chi connectivity index (χ0v) is 12.1. The van der Waals surface area contributed by atoms with Crippen LogP contribution in [0.4, 0.5) is 23.7 Å². The fourth-order valence-corrected chi connectivity index (χ4v) is 1.80. The summed E-state index contributed by atoms with van der Waals surface area (Å²) in [5.41, 5.74) is -0.0187. The zero-order valence-electron chi connectivity index (χ0n) is 12.1. The number of rotatable bonds is 4. The van der Waals surface area contributed by atoms with E-state index < -0.39 is 17.8 Å². The highest BCUT2D eigenvalue weighted by molar-refractivity contribution is 5.89. The van der Waals surface area contributed by atoms with Gasteiger partial charge in [-0.15, -0.1) is 0 Å². The molecule has 0 saturated carbocycles. The SMILES string of the molecule is COc1cc(CNC(=O)Nc2cccc(C(F)(F)F)c2)ccn1. The second kappa shape index (κ2) is 6.99. The summed E-state index contributed by atoms with van der Waals surface area (Å²) in [5.74, 6) is 0.405. The van der Waals surface area contributed by atoms with Gasteiger partial charge in [0.25, 0.3) is 0 Å². The van der Waals surface area contributed by atoms with E-state index in [9.17, 15) is 18.0 Å². The lowest BCUT2D eigenvalue weighted by Gasteiger charge is -2.11. The summed E-state index contributed by atoms with van der Waals surface area (Å²) >= 11 is 0. The summed E-state index contributed by atoms with van der Waals surface area (Å²) in [7, 11) is 1.47. The predicted octanol–water partition coefficient (Wildman–Crippen LogP) is 3.43. The molecular weight excluding hydrogens is 311 g/mol. The van der Waals surface area contributed by atoms with Gasteiger partial charge in [-0.3, -0.25) is 0 Å². The molecule has 2 amide bonds. The van der Waals surface area contributed by atoms with Crippen molar-refractivity contribution >= 4 is 11.7 Å². The number of hydrogen-bond donors (Lipinski definition) is 2. The third kappa shape index (κ3) is 4.87. The smallest absolute Gasteiger partial charge is 0.416 e. The third-order valence-corrected chi connectivity index (χ3v) is 2.91. The van der Waals surface area contributed by atoms with E-state index in [0.29, 0.717) is 5.88 Å². The average Bonchev–Trinajstić information content (AvgIpc) is 2.52. The molecule has 23 heavy (non-hydrogen) atoms. The van der Waals surface area contributed by atoms with E-state index in [0.717, 1.165) is 17.7 Å². The molecule has 1 heterocycles. The van der Waals surface area contributed by atoms with Crippen molar-refractivity contribution in [1.29, 1.82) is 0 Å². The molecule has 122 valence electrons. The standard InChI is InChI=1S/C15H14F3N3O2/c1-23-13-7-10(5-6-19-13)9-20-14(22)21-12-4-2-3-11(8-12)15(16,17)18/h2-8H,9H2,1H3,(H2,20,21,22). The molecule has 0 unspecified atom stereocenters. The molecule has 5 nitrogen and oxygen atoms in total. The van der Waals surface area contributed by atoms with Crippen molar-refractivity contribution in [2.24, 2.45) is 0 Å². The highest BCUT2D eigenvalue weighted by atomic mass is 19.4. The number of amides is 2. The summed E-state index contributed by atoms with van der Waals surface area (Å²) < 4.78 is 42.8. The molecule has 8 heteroatoms. The Bertz CT molecular complexity index is 690. The Morgan fingerprint density at radius 2 is 2.04 bits per heavy atom. The number of urea groups is 1. The van der Waals surface area contributed by atoms with Crippen LogP contribution in [0.1, 0.15) is 11.1 Å². The number of carbonyl (C=O) groups is 1. The average molecular weight is 325 g/mol. The lowest BCUT2D eigenvalue weighted by molar-refractivity contribution is -0.137. The van der Waals surface area contributed by atoms with Gasteiger partial charge in [-0.05, 0) is 29.8 Å². The minimum Gasteiger partial charge on any atom is -0.481 e. The number of hydrogen-bond acceptors (Lipinski definition) is 3. The Kier molecular flexibility index (Phi) is 5.05. The van der Waals surface area contributed by atoms with Crippen LogP contribution in [0.5, 0.6) is 5.88 Å². The normalized spacial score (nSPS) is 11.0. The van der Waals surface area contributed by atoms with Crippen molar-refractivity contribution in [2.75, 3.05) is 12.4 Å². The maximum atomic E-state index is 12.6. The minimum absolute atomic E-state index is 0.0598. The summed E-state index contributed by atoms with van der Waals surface area (Å²) in [4.78, 5) is 15.7. The van der Waals surface area contributed by atoms with Crippen molar-refractivity contribution in [3.8, 4) is 5.88 Å². The van der Waals surface area contributed by atoms with Crippen LogP contribution in [-0.2, 0) is 12.7 Å². The van der Waals surface area contributed by atoms with Crippen molar-refractivity contribution in [1.82, 2.24) is 10.3 Å². The summed E-state index contributed by atoms with van der Waals surface area (Å²) in [6.45, 7) is 0.184. The van der Waals surface area contributed by atoms with E-state index in [-0.39, 0.29) is 12.2 Å². The molecular formula is C15H14F3N3O2. The van der Waals surface area contributed by atoms with E-state index in [4.69, 9.17) is 4.74 Å². The van der Waals surface area contributed by atoms with Gasteiger partial charge in [-0.25, -0.2) is 9.78 Å². The first-order valence-corrected chi connectivity index (χ1v) is 6.59. The van der Waals surface area contributed by atoms with Crippen molar-refractivity contribution in [3.63, 3.8) is 0 Å². The zero-order chi connectivity index (χ0) is 16.9. The molecule has 0 aliphatic carbocycles. The topological polar surface area (TPSA) is 63.2 Å². The maximum Gasteiger partial charge on any atom is 0.416 e. The van der Waals surface area contributed by atoms with Gasteiger partial charge in [0, 0.05) is 24.5 Å². The number of benzene rings is 1. The number of aromatic nitrogens is 1. The molecule has 0 aliphatic heterocycles. The second-order valence-electron chi connectivity index (χ2n) is 4.59. The number of nitrogens with one attached hydrogen (secondary N) is 2. The first-order chi connectivity index (χ1) is 10.9.